The number of phenols is 1. The Morgan fingerprint density at radius 3 is 2.53 bits per heavy atom. The minimum atomic E-state index is -4.19. The molecule has 9 nitrogen and oxygen atoms in total. The van der Waals surface area contributed by atoms with Crippen molar-refractivity contribution in [3.8, 4) is 11.6 Å². The summed E-state index contributed by atoms with van der Waals surface area (Å²) in [6, 6.07) is 8.98. The van der Waals surface area contributed by atoms with E-state index >= 15 is 0 Å². The predicted octanol–water partition coefficient (Wildman–Crippen LogP) is 3.43. The Balaban J connectivity index is 1.82. The number of carbonyl (C=O) groups is 1. The van der Waals surface area contributed by atoms with Crippen LogP contribution in [0.2, 0.25) is 0 Å². The molecule has 178 valence electrons. The normalized spacial score (nSPS) is 11.9. The Bertz CT molecular complexity index is 1430. The van der Waals surface area contributed by atoms with Crippen molar-refractivity contribution in [3.05, 3.63) is 65.7 Å². The van der Waals surface area contributed by atoms with Gasteiger partial charge in [-0.1, -0.05) is 18.2 Å². The van der Waals surface area contributed by atoms with Crippen molar-refractivity contribution in [3.63, 3.8) is 0 Å². The number of phenolic OH excluding ortho intramolecular Hbond substituents is 1. The van der Waals surface area contributed by atoms with E-state index in [1.54, 1.807) is 24.3 Å². The molecule has 0 aliphatic rings. The summed E-state index contributed by atoms with van der Waals surface area (Å²) in [6.45, 7) is 0.256. The van der Waals surface area contributed by atoms with Crippen LogP contribution in [0.5, 0.6) is 11.6 Å². The van der Waals surface area contributed by atoms with Crippen molar-refractivity contribution in [2.24, 2.45) is 0 Å². The molecule has 4 N–H and O–H groups in total. The van der Waals surface area contributed by atoms with Crippen LogP contribution in [0, 0.1) is 5.82 Å². The third kappa shape index (κ3) is 4.61. The number of hydrogen-bond donors (Lipinski definition) is 4. The topological polar surface area (TPSA) is 136 Å². The summed E-state index contributed by atoms with van der Waals surface area (Å²) in [4.78, 5) is 37.1. The monoisotopic (exact) mass is 487 g/mol. The molecule has 0 atom stereocenters. The quantitative estimate of drug-likeness (QED) is 0.293. The number of amides is 1. The fourth-order valence-corrected chi connectivity index (χ4v) is 4.52. The SMILES string of the molecule is CN(CCCP(=O)(O)O)C(=O)c1c2cccnc2c(O)c2c(O)n(Cc3ccc(F)cc3)cc12. The highest BCUT2D eigenvalue weighted by atomic mass is 31.2. The van der Waals surface area contributed by atoms with E-state index in [0.717, 1.165) is 0 Å². The van der Waals surface area contributed by atoms with Crippen LogP contribution in [0.1, 0.15) is 22.3 Å². The van der Waals surface area contributed by atoms with E-state index in [-0.39, 0.29) is 53.8 Å². The average molecular weight is 487 g/mol. The number of pyridine rings is 1. The first kappa shape index (κ1) is 23.7. The van der Waals surface area contributed by atoms with Gasteiger partial charge in [-0.3, -0.25) is 14.3 Å². The van der Waals surface area contributed by atoms with Crippen LogP contribution in [0.3, 0.4) is 0 Å². The minimum absolute atomic E-state index is 0.0558. The van der Waals surface area contributed by atoms with E-state index in [2.05, 4.69) is 4.98 Å². The van der Waals surface area contributed by atoms with Crippen LogP contribution in [0.4, 0.5) is 4.39 Å². The molecule has 0 aliphatic carbocycles. The van der Waals surface area contributed by atoms with E-state index in [0.29, 0.717) is 16.3 Å². The number of fused-ring (bicyclic) bond motifs is 2. The van der Waals surface area contributed by atoms with Crippen molar-refractivity contribution >= 4 is 35.2 Å². The Morgan fingerprint density at radius 1 is 1.15 bits per heavy atom. The molecular formula is C23H23FN3O6P. The lowest BCUT2D eigenvalue weighted by Gasteiger charge is -2.19. The highest BCUT2D eigenvalue weighted by Crippen LogP contribution is 2.43. The molecule has 34 heavy (non-hydrogen) atoms. The van der Waals surface area contributed by atoms with Gasteiger partial charge in [0.15, 0.2) is 5.75 Å². The highest BCUT2D eigenvalue weighted by molar-refractivity contribution is 7.51. The fourth-order valence-electron chi connectivity index (χ4n) is 3.97. The zero-order valence-electron chi connectivity index (χ0n) is 18.2. The van der Waals surface area contributed by atoms with Gasteiger partial charge in [0.25, 0.3) is 5.91 Å². The van der Waals surface area contributed by atoms with Crippen molar-refractivity contribution in [1.29, 1.82) is 0 Å². The molecule has 0 saturated carbocycles. The molecule has 0 fully saturated rings. The Kier molecular flexibility index (Phi) is 6.31. The molecule has 0 aliphatic heterocycles. The molecule has 0 spiro atoms. The third-order valence-electron chi connectivity index (χ3n) is 5.63. The van der Waals surface area contributed by atoms with Gasteiger partial charge in [-0.25, -0.2) is 4.39 Å². The summed E-state index contributed by atoms with van der Waals surface area (Å²) >= 11 is 0. The molecule has 0 bridgehead atoms. The lowest BCUT2D eigenvalue weighted by atomic mass is 10.00. The van der Waals surface area contributed by atoms with Crippen LogP contribution >= 0.6 is 7.60 Å². The highest BCUT2D eigenvalue weighted by Gasteiger charge is 2.26. The number of halogens is 1. The van der Waals surface area contributed by atoms with E-state index in [9.17, 15) is 24.0 Å². The summed E-state index contributed by atoms with van der Waals surface area (Å²) < 4.78 is 25.9. The molecule has 4 aromatic rings. The van der Waals surface area contributed by atoms with Crippen molar-refractivity contribution < 1.29 is 33.7 Å². The first-order valence-corrected chi connectivity index (χ1v) is 12.2. The number of benzene rings is 2. The second-order valence-corrected chi connectivity index (χ2v) is 9.86. The fraction of sp³-hybridized carbons (Fsp3) is 0.217. The molecule has 2 aromatic carbocycles. The van der Waals surface area contributed by atoms with Gasteiger partial charge in [0.1, 0.15) is 11.3 Å². The van der Waals surface area contributed by atoms with Gasteiger partial charge in [-0.15, -0.1) is 0 Å². The van der Waals surface area contributed by atoms with E-state index in [1.165, 1.54) is 41.0 Å². The lowest BCUT2D eigenvalue weighted by molar-refractivity contribution is 0.0798. The van der Waals surface area contributed by atoms with Gasteiger partial charge < -0.3 is 29.5 Å². The summed E-state index contributed by atoms with van der Waals surface area (Å²) in [5.41, 5.74) is 1.03. The standard InChI is InChI=1S/C23H23FN3O6P/c1-26(10-3-11-34(31,32)33)22(29)18-16-4-2-9-25-20(16)21(28)19-17(18)13-27(23(19)30)12-14-5-7-15(24)8-6-14/h2,4-9,13,28,30H,3,10-12H2,1H3,(H2,31,32,33). The lowest BCUT2D eigenvalue weighted by Crippen LogP contribution is -2.28. The Hall–Kier alpha value is -3.46. The third-order valence-corrected chi connectivity index (χ3v) is 6.53. The van der Waals surface area contributed by atoms with Gasteiger partial charge in [-0.05, 0) is 30.2 Å². The van der Waals surface area contributed by atoms with Gasteiger partial charge >= 0.3 is 7.60 Å². The Morgan fingerprint density at radius 2 is 1.85 bits per heavy atom. The van der Waals surface area contributed by atoms with Crippen molar-refractivity contribution in [1.82, 2.24) is 14.5 Å². The number of nitrogens with zero attached hydrogens (tertiary/aromatic N) is 3. The van der Waals surface area contributed by atoms with Crippen LogP contribution in [-0.4, -0.2) is 60.1 Å². The molecule has 4 rings (SSSR count). The van der Waals surface area contributed by atoms with E-state index < -0.39 is 19.3 Å². The zero-order valence-corrected chi connectivity index (χ0v) is 19.1. The van der Waals surface area contributed by atoms with Crippen LogP contribution < -0.4 is 0 Å². The number of rotatable bonds is 7. The average Bonchev–Trinajstić information content (AvgIpc) is 3.10. The molecule has 11 heteroatoms. The van der Waals surface area contributed by atoms with E-state index in [1.807, 2.05) is 0 Å². The van der Waals surface area contributed by atoms with E-state index in [4.69, 9.17) is 9.79 Å². The molecule has 0 saturated heterocycles. The largest absolute Gasteiger partial charge is 0.505 e. The summed E-state index contributed by atoms with van der Waals surface area (Å²) in [5, 5.41) is 22.5. The van der Waals surface area contributed by atoms with Gasteiger partial charge in [-0.2, -0.15) is 0 Å². The summed E-state index contributed by atoms with van der Waals surface area (Å²) in [6.07, 6.45) is 2.74. The van der Waals surface area contributed by atoms with Gasteiger partial charge in [0, 0.05) is 36.8 Å². The number of carbonyl (C=O) groups excluding carboxylic acids is 1. The summed E-state index contributed by atoms with van der Waals surface area (Å²) in [5.74, 6) is -1.40. The molecule has 0 unspecified atom stereocenters. The van der Waals surface area contributed by atoms with Crippen molar-refractivity contribution in [2.75, 3.05) is 19.8 Å². The maximum Gasteiger partial charge on any atom is 0.325 e. The number of aromatic hydroxyl groups is 2. The van der Waals surface area contributed by atoms with Crippen LogP contribution in [0.15, 0.2) is 48.8 Å². The first-order valence-electron chi connectivity index (χ1n) is 10.4. The number of hydrogen-bond acceptors (Lipinski definition) is 5. The van der Waals surface area contributed by atoms with Crippen LogP contribution in [-0.2, 0) is 11.1 Å². The predicted molar refractivity (Wildman–Crippen MR) is 125 cm³/mol. The molecule has 2 aromatic heterocycles. The first-order chi connectivity index (χ1) is 16.1. The molecular weight excluding hydrogens is 464 g/mol. The summed E-state index contributed by atoms with van der Waals surface area (Å²) in [7, 11) is -2.68. The Labute approximate surface area is 193 Å². The maximum absolute atomic E-state index is 13.4. The molecule has 1 amide bonds. The van der Waals surface area contributed by atoms with Gasteiger partial charge in [0.2, 0.25) is 5.88 Å². The molecule has 2 heterocycles. The minimum Gasteiger partial charge on any atom is -0.505 e. The van der Waals surface area contributed by atoms with Gasteiger partial charge in [0.05, 0.1) is 23.7 Å². The van der Waals surface area contributed by atoms with Crippen molar-refractivity contribution in [2.45, 2.75) is 13.0 Å². The maximum atomic E-state index is 13.4. The second kappa shape index (κ2) is 9.06. The zero-order chi connectivity index (χ0) is 24.6. The molecule has 0 radical (unpaired) electrons. The second-order valence-electron chi connectivity index (χ2n) is 8.09. The smallest absolute Gasteiger partial charge is 0.325 e. The number of aromatic nitrogens is 2. The van der Waals surface area contributed by atoms with Crippen LogP contribution in [0.25, 0.3) is 21.7 Å².